The summed E-state index contributed by atoms with van der Waals surface area (Å²) in [5.41, 5.74) is 1.39. The van der Waals surface area contributed by atoms with Gasteiger partial charge in [-0.3, -0.25) is 9.48 Å². The van der Waals surface area contributed by atoms with Gasteiger partial charge in [-0.05, 0) is 56.0 Å². The van der Waals surface area contributed by atoms with Gasteiger partial charge in [-0.1, -0.05) is 6.42 Å². The summed E-state index contributed by atoms with van der Waals surface area (Å²) in [5, 5.41) is 8.30. The van der Waals surface area contributed by atoms with Gasteiger partial charge in [0.1, 0.15) is 17.2 Å². The lowest BCUT2D eigenvalue weighted by molar-refractivity contribution is -0.116. The molecule has 0 saturated heterocycles. The number of aromatic nitrogens is 3. The molecule has 0 bridgehead atoms. The molecule has 0 amide bonds. The Hall–Kier alpha value is -3.49. The molecular weight excluding hydrogens is 480 g/mol. The van der Waals surface area contributed by atoms with E-state index in [1.165, 1.54) is 27.1 Å². The number of anilines is 2. The lowest BCUT2D eigenvalue weighted by Crippen LogP contribution is -2.26. The molecule has 2 N–H and O–H groups in total. The first-order valence-corrected chi connectivity index (χ1v) is 13.4. The van der Waals surface area contributed by atoms with E-state index in [4.69, 9.17) is 11.7 Å². The van der Waals surface area contributed by atoms with Crippen molar-refractivity contribution in [2.75, 3.05) is 19.4 Å². The molecule has 190 valence electrons. The molecule has 1 saturated carbocycles. The zero-order valence-corrected chi connectivity index (χ0v) is 21.4. The third kappa shape index (κ3) is 4.92. The van der Waals surface area contributed by atoms with Crippen LogP contribution in [0.5, 0.6) is 0 Å². The maximum absolute atomic E-state index is 12.9. The summed E-state index contributed by atoms with van der Waals surface area (Å²) in [6, 6.07) is 6.27. The molecule has 0 aliphatic heterocycles. The smallest absolute Gasteiger partial charge is 0.261 e. The van der Waals surface area contributed by atoms with E-state index in [0.29, 0.717) is 28.0 Å². The summed E-state index contributed by atoms with van der Waals surface area (Å²) in [5.74, 6) is 0.293. The second-order valence-corrected chi connectivity index (χ2v) is 11.5. The maximum atomic E-state index is 12.9. The van der Waals surface area contributed by atoms with E-state index >= 15 is 0 Å². The zero-order chi connectivity index (χ0) is 26.0. The van der Waals surface area contributed by atoms with Crippen molar-refractivity contribution in [2.24, 2.45) is 0 Å². The number of Topliss-reactive ketones (excluding diaryl/α,β-unsaturated/α-hetero) is 1. The molecular formula is C25H30N6O4S. The summed E-state index contributed by atoms with van der Waals surface area (Å²) in [6.07, 6.45) is 5.63. The number of rotatable bonds is 8. The number of nitrogens with zero attached hydrogens (tertiary/aromatic N) is 4. The van der Waals surface area contributed by atoms with Gasteiger partial charge in [-0.15, -0.1) is 0 Å². The number of hydrogen-bond donors (Lipinski definition) is 2. The van der Waals surface area contributed by atoms with Gasteiger partial charge in [0.15, 0.2) is 5.82 Å². The molecule has 11 heteroatoms. The van der Waals surface area contributed by atoms with Gasteiger partial charge in [0, 0.05) is 38.8 Å². The number of ketones is 1. The maximum Gasteiger partial charge on any atom is 0.261 e. The van der Waals surface area contributed by atoms with E-state index in [-0.39, 0.29) is 41.2 Å². The van der Waals surface area contributed by atoms with Crippen LogP contribution in [-0.4, -0.2) is 53.4 Å². The molecule has 4 rings (SSSR count). The number of nitrogens with one attached hydrogen (secondary N) is 2. The first-order chi connectivity index (χ1) is 17.1. The minimum Gasteiger partial charge on any atom is -0.338 e. The summed E-state index contributed by atoms with van der Waals surface area (Å²) in [4.78, 5) is 31.1. The van der Waals surface area contributed by atoms with Crippen LogP contribution in [0.4, 0.5) is 11.5 Å². The van der Waals surface area contributed by atoms with Crippen LogP contribution in [0.1, 0.15) is 50.6 Å². The lowest BCUT2D eigenvalue weighted by atomic mass is 9.91. The molecule has 1 aromatic carbocycles. The van der Waals surface area contributed by atoms with Crippen LogP contribution in [0.2, 0.25) is 0 Å². The standard InChI is InChI=1S/C25H30N6O4S/c1-16(32)9-10-17-15-18(11-12-22(17)36(34,35)30(3)4)28-24-23-21(13-14-27-25(23)33)31(29-24)20-8-6-5-7-19(20)26-2/h11-15,19-20H,5-10H2,1,3-4H3,(H,27,33)(H,28,29)/t19-,20-/m0/s1. The van der Waals surface area contributed by atoms with Crippen LogP contribution in [0, 0.1) is 6.57 Å². The molecule has 10 nitrogen and oxygen atoms in total. The zero-order valence-electron chi connectivity index (χ0n) is 20.6. The monoisotopic (exact) mass is 510 g/mol. The minimum atomic E-state index is -3.71. The molecule has 2 heterocycles. The SMILES string of the molecule is [C-]#[N+][C@H]1CCCC[C@@H]1n1nc(Nc2ccc(S(=O)(=O)N(C)C)c(CCC(C)=O)c2)c2c(=O)[nH]ccc21. The Labute approximate surface area is 210 Å². The Kier molecular flexibility index (Phi) is 7.28. The van der Waals surface area contributed by atoms with E-state index in [9.17, 15) is 18.0 Å². The number of carbonyl (C=O) groups excluding carboxylic acids is 1. The number of sulfonamides is 1. The van der Waals surface area contributed by atoms with Gasteiger partial charge in [0.05, 0.1) is 10.4 Å². The average molecular weight is 511 g/mol. The predicted molar refractivity (Wildman–Crippen MR) is 138 cm³/mol. The van der Waals surface area contributed by atoms with Gasteiger partial charge in [-0.25, -0.2) is 19.3 Å². The minimum absolute atomic E-state index is 0.0420. The van der Waals surface area contributed by atoms with E-state index in [0.717, 1.165) is 30.0 Å². The molecule has 1 fully saturated rings. The highest BCUT2D eigenvalue weighted by molar-refractivity contribution is 7.89. The molecule has 1 aliphatic carbocycles. The number of aryl methyl sites for hydroxylation is 1. The highest BCUT2D eigenvalue weighted by Gasteiger charge is 2.34. The Morgan fingerprint density at radius 2 is 2.03 bits per heavy atom. The van der Waals surface area contributed by atoms with Crippen molar-refractivity contribution in [3.05, 3.63) is 57.8 Å². The van der Waals surface area contributed by atoms with Gasteiger partial charge in [0.2, 0.25) is 16.1 Å². The number of carbonyl (C=O) groups is 1. The topological polar surface area (TPSA) is 122 Å². The van der Waals surface area contributed by atoms with E-state index in [1.54, 1.807) is 29.1 Å². The normalized spacial score (nSPS) is 18.3. The summed E-state index contributed by atoms with van der Waals surface area (Å²) < 4.78 is 28.6. The van der Waals surface area contributed by atoms with E-state index < -0.39 is 10.0 Å². The Balaban J connectivity index is 1.79. The quantitative estimate of drug-likeness (QED) is 0.446. The third-order valence-electron chi connectivity index (χ3n) is 6.63. The Morgan fingerprint density at radius 3 is 2.72 bits per heavy atom. The molecule has 2 atom stereocenters. The van der Waals surface area contributed by atoms with Crippen molar-refractivity contribution in [1.82, 2.24) is 19.1 Å². The molecule has 36 heavy (non-hydrogen) atoms. The first-order valence-electron chi connectivity index (χ1n) is 11.9. The van der Waals surface area contributed by atoms with Gasteiger partial charge < -0.3 is 19.9 Å². The Bertz CT molecular complexity index is 1500. The van der Waals surface area contributed by atoms with Crippen molar-refractivity contribution in [1.29, 1.82) is 0 Å². The van der Waals surface area contributed by atoms with Crippen molar-refractivity contribution in [2.45, 2.75) is 62.4 Å². The number of fused-ring (bicyclic) bond motifs is 1. The van der Waals surface area contributed by atoms with Crippen LogP contribution in [-0.2, 0) is 21.2 Å². The van der Waals surface area contributed by atoms with Gasteiger partial charge in [0.25, 0.3) is 5.56 Å². The van der Waals surface area contributed by atoms with Gasteiger partial charge >= 0.3 is 0 Å². The summed E-state index contributed by atoms with van der Waals surface area (Å²) in [6.45, 7) is 9.10. The van der Waals surface area contributed by atoms with Crippen LogP contribution in [0.25, 0.3) is 15.7 Å². The molecule has 0 spiro atoms. The predicted octanol–water partition coefficient (Wildman–Crippen LogP) is 3.64. The molecule has 0 radical (unpaired) electrons. The van der Waals surface area contributed by atoms with E-state index in [1.807, 2.05) is 0 Å². The molecule has 3 aromatic rings. The highest BCUT2D eigenvalue weighted by Crippen LogP contribution is 2.35. The Morgan fingerprint density at radius 1 is 1.28 bits per heavy atom. The average Bonchev–Trinajstić information content (AvgIpc) is 3.21. The fourth-order valence-electron chi connectivity index (χ4n) is 4.72. The third-order valence-corrected chi connectivity index (χ3v) is 8.55. The second kappa shape index (κ2) is 10.2. The van der Waals surface area contributed by atoms with Crippen molar-refractivity contribution in [3.63, 3.8) is 0 Å². The fourth-order valence-corrected chi connectivity index (χ4v) is 5.84. The fraction of sp³-hybridized carbons (Fsp3) is 0.440. The van der Waals surface area contributed by atoms with Crippen molar-refractivity contribution in [3.8, 4) is 0 Å². The van der Waals surface area contributed by atoms with Crippen LogP contribution in [0.15, 0.2) is 40.2 Å². The van der Waals surface area contributed by atoms with Crippen molar-refractivity contribution < 1.29 is 13.2 Å². The molecule has 0 unspecified atom stereocenters. The van der Waals surface area contributed by atoms with Gasteiger partial charge in [-0.2, -0.15) is 5.10 Å². The van der Waals surface area contributed by atoms with Crippen LogP contribution >= 0.6 is 0 Å². The summed E-state index contributed by atoms with van der Waals surface area (Å²) in [7, 11) is -0.792. The number of hydrogen-bond acceptors (Lipinski definition) is 6. The van der Waals surface area contributed by atoms with E-state index in [2.05, 4.69) is 15.1 Å². The van der Waals surface area contributed by atoms with Crippen LogP contribution < -0.4 is 10.9 Å². The van der Waals surface area contributed by atoms with Crippen molar-refractivity contribution >= 4 is 38.2 Å². The summed E-state index contributed by atoms with van der Waals surface area (Å²) >= 11 is 0. The number of pyridine rings is 1. The largest absolute Gasteiger partial charge is 0.338 e. The molecule has 2 aromatic heterocycles. The molecule has 1 aliphatic rings. The number of H-pyrrole nitrogens is 1. The lowest BCUT2D eigenvalue weighted by Gasteiger charge is -2.24. The van der Waals surface area contributed by atoms with Crippen LogP contribution in [0.3, 0.4) is 0 Å². The first kappa shape index (κ1) is 25.6. The number of aromatic amines is 1. The highest BCUT2D eigenvalue weighted by atomic mass is 32.2. The second-order valence-electron chi connectivity index (χ2n) is 9.35. The number of benzene rings is 1.